The number of esters is 2. The minimum absolute atomic E-state index is 0.0229. The van der Waals surface area contributed by atoms with Crippen molar-refractivity contribution in [1.29, 1.82) is 0 Å². The lowest BCUT2D eigenvalue weighted by Gasteiger charge is -2.49. The molecular formula is C38H60O7. The van der Waals surface area contributed by atoms with Gasteiger partial charge in [-0.05, 0) is 49.7 Å². The standard InChI is InChI=1S/C38H60O7/c1-10-11-12-13-14-15-16-17-18-19-29(39)45-37-22-26(6)36-21-25(5)33(44-34(42)27(7)23(2)3)38(36,43)31(40)24(4)20-28(32(36)41)30(37)35(37,8)9/h20-21,23,26-28,30-31,33,40,43H,10-19,22H2,1-9H3/t26-,27?,28+,30?,31-,33+,36?,37+,38+/m1/s1. The fourth-order valence-electron chi connectivity index (χ4n) is 9.20. The molecule has 2 N–H and O–H groups in total. The van der Waals surface area contributed by atoms with E-state index in [1.54, 1.807) is 32.9 Å². The fourth-order valence-corrected chi connectivity index (χ4v) is 9.20. The average Bonchev–Trinajstić information content (AvgIpc) is 3.37. The van der Waals surface area contributed by atoms with Crippen LogP contribution in [0.1, 0.15) is 133 Å². The van der Waals surface area contributed by atoms with Crippen molar-refractivity contribution in [3.8, 4) is 0 Å². The van der Waals surface area contributed by atoms with Crippen molar-refractivity contribution in [3.05, 3.63) is 23.3 Å². The van der Waals surface area contributed by atoms with E-state index in [-0.39, 0.29) is 23.6 Å². The highest BCUT2D eigenvalue weighted by atomic mass is 16.6. The number of ketones is 1. The summed E-state index contributed by atoms with van der Waals surface area (Å²) >= 11 is 0. The lowest BCUT2D eigenvalue weighted by molar-refractivity contribution is -0.206. The van der Waals surface area contributed by atoms with Gasteiger partial charge in [-0.15, -0.1) is 0 Å². The van der Waals surface area contributed by atoms with Crippen molar-refractivity contribution in [2.24, 2.45) is 40.4 Å². The van der Waals surface area contributed by atoms with E-state index in [0.717, 1.165) is 19.3 Å². The molecule has 0 aliphatic heterocycles. The second-order valence-electron chi connectivity index (χ2n) is 15.9. The summed E-state index contributed by atoms with van der Waals surface area (Å²) in [4.78, 5) is 41.4. The normalized spacial score (nSPS) is 37.1. The molecule has 0 heterocycles. The Morgan fingerprint density at radius 3 is 2.13 bits per heavy atom. The predicted molar refractivity (Wildman–Crippen MR) is 175 cm³/mol. The van der Waals surface area contributed by atoms with Crippen LogP contribution >= 0.6 is 0 Å². The monoisotopic (exact) mass is 628 g/mol. The van der Waals surface area contributed by atoms with E-state index in [1.807, 2.05) is 20.8 Å². The number of carbonyl (C=O) groups is 3. The summed E-state index contributed by atoms with van der Waals surface area (Å²) in [7, 11) is 0. The molecule has 7 nitrogen and oxygen atoms in total. The maximum absolute atomic E-state index is 14.8. The van der Waals surface area contributed by atoms with Crippen molar-refractivity contribution in [1.82, 2.24) is 0 Å². The van der Waals surface area contributed by atoms with Gasteiger partial charge in [0.1, 0.15) is 11.7 Å². The van der Waals surface area contributed by atoms with Gasteiger partial charge in [-0.1, -0.05) is 112 Å². The SMILES string of the molecule is CCCCCCCCCCCC(=O)O[C@@]12C[C@@H](C)C34C=C(C)[C@H](OC(=O)C(C)C(C)C)[C@@]3(O)[C@H](O)C(C)=C[C@H](C4=O)C1C2(C)C. The van der Waals surface area contributed by atoms with E-state index in [0.29, 0.717) is 24.0 Å². The minimum atomic E-state index is -2.09. The summed E-state index contributed by atoms with van der Waals surface area (Å²) in [5.41, 5.74) is -3.90. The van der Waals surface area contributed by atoms with E-state index < -0.39 is 58.0 Å². The molecule has 4 rings (SSSR count). The third-order valence-corrected chi connectivity index (χ3v) is 12.4. The first-order chi connectivity index (χ1) is 21.0. The Morgan fingerprint density at radius 2 is 1.56 bits per heavy atom. The molecule has 0 aromatic heterocycles. The third kappa shape index (κ3) is 5.76. The lowest BCUT2D eigenvalue weighted by atomic mass is 9.59. The van der Waals surface area contributed by atoms with Crippen molar-refractivity contribution in [3.63, 3.8) is 0 Å². The molecule has 0 saturated heterocycles. The lowest BCUT2D eigenvalue weighted by Crippen LogP contribution is -2.65. The summed E-state index contributed by atoms with van der Waals surface area (Å²) < 4.78 is 12.4. The van der Waals surface area contributed by atoms with Crippen LogP contribution in [0.4, 0.5) is 0 Å². The predicted octanol–water partition coefficient (Wildman–Crippen LogP) is 7.27. The Labute approximate surface area is 271 Å². The first-order valence-electron chi connectivity index (χ1n) is 17.8. The van der Waals surface area contributed by atoms with Crippen LogP contribution in [0.15, 0.2) is 23.3 Å². The van der Waals surface area contributed by atoms with E-state index in [4.69, 9.17) is 9.47 Å². The van der Waals surface area contributed by atoms with Gasteiger partial charge in [0.15, 0.2) is 17.5 Å². The zero-order valence-electron chi connectivity index (χ0n) is 29.4. The third-order valence-electron chi connectivity index (χ3n) is 12.4. The number of allylic oxidation sites excluding steroid dienone is 1. The van der Waals surface area contributed by atoms with Crippen LogP contribution in [-0.2, 0) is 23.9 Å². The van der Waals surface area contributed by atoms with Crippen molar-refractivity contribution < 1.29 is 34.1 Å². The van der Waals surface area contributed by atoms with Crippen LogP contribution in [0.25, 0.3) is 0 Å². The molecule has 1 spiro atoms. The summed E-state index contributed by atoms with van der Waals surface area (Å²) in [5, 5.41) is 24.5. The molecule has 0 aromatic carbocycles. The number of aliphatic hydroxyl groups is 2. The highest BCUT2D eigenvalue weighted by molar-refractivity contribution is 5.96. The Bertz CT molecular complexity index is 1200. The van der Waals surface area contributed by atoms with Crippen LogP contribution < -0.4 is 0 Å². The molecule has 0 radical (unpaired) electrons. The number of Topliss-reactive ketones (excluding diaryl/α,β-unsaturated/α-hetero) is 1. The smallest absolute Gasteiger partial charge is 0.309 e. The van der Waals surface area contributed by atoms with Crippen molar-refractivity contribution in [2.45, 2.75) is 156 Å². The zero-order chi connectivity index (χ0) is 33.5. The molecule has 7 heteroatoms. The van der Waals surface area contributed by atoms with Gasteiger partial charge in [-0.25, -0.2) is 0 Å². The number of fused-ring (bicyclic) bond motifs is 3. The number of unbranched alkanes of at least 4 members (excludes halogenated alkanes) is 8. The first-order valence-corrected chi connectivity index (χ1v) is 17.8. The zero-order valence-corrected chi connectivity index (χ0v) is 29.4. The van der Waals surface area contributed by atoms with Gasteiger partial charge in [-0.2, -0.15) is 0 Å². The summed E-state index contributed by atoms with van der Waals surface area (Å²) in [6.45, 7) is 17.4. The Kier molecular flexibility index (Phi) is 10.6. The highest BCUT2D eigenvalue weighted by Crippen LogP contribution is 2.75. The molecule has 9 atom stereocenters. The average molecular weight is 629 g/mol. The Hall–Kier alpha value is -1.99. The quantitative estimate of drug-likeness (QED) is 0.118. The number of ether oxygens (including phenoxy) is 2. The second kappa shape index (κ2) is 13.3. The van der Waals surface area contributed by atoms with E-state index >= 15 is 0 Å². The molecule has 4 aliphatic carbocycles. The number of aliphatic hydroxyl groups excluding tert-OH is 1. The molecule has 3 unspecified atom stereocenters. The van der Waals surface area contributed by atoms with Crippen molar-refractivity contribution in [2.75, 3.05) is 0 Å². The molecule has 0 aromatic rings. The van der Waals surface area contributed by atoms with Crippen LogP contribution in [0, 0.1) is 40.4 Å². The van der Waals surface area contributed by atoms with Crippen LogP contribution in [0.2, 0.25) is 0 Å². The molecule has 2 fully saturated rings. The first kappa shape index (κ1) is 35.9. The topological polar surface area (TPSA) is 110 Å². The van der Waals surface area contributed by atoms with Gasteiger partial charge in [-0.3, -0.25) is 14.4 Å². The number of hydrogen-bond acceptors (Lipinski definition) is 7. The molecule has 254 valence electrons. The largest absolute Gasteiger partial charge is 0.458 e. The second-order valence-corrected chi connectivity index (χ2v) is 15.9. The molecule has 2 bridgehead atoms. The summed E-state index contributed by atoms with van der Waals surface area (Å²) in [6.07, 6.45) is 12.1. The van der Waals surface area contributed by atoms with Crippen molar-refractivity contribution >= 4 is 17.7 Å². The van der Waals surface area contributed by atoms with Gasteiger partial charge < -0.3 is 19.7 Å². The maximum Gasteiger partial charge on any atom is 0.309 e. The minimum Gasteiger partial charge on any atom is -0.458 e. The number of carbonyl (C=O) groups excluding carboxylic acids is 3. The van der Waals surface area contributed by atoms with Crippen LogP contribution in [0.3, 0.4) is 0 Å². The van der Waals surface area contributed by atoms with Gasteiger partial charge in [0.25, 0.3) is 0 Å². The molecule has 0 amide bonds. The van der Waals surface area contributed by atoms with Gasteiger partial charge in [0, 0.05) is 23.7 Å². The maximum atomic E-state index is 14.8. The van der Waals surface area contributed by atoms with Gasteiger partial charge >= 0.3 is 11.9 Å². The van der Waals surface area contributed by atoms with Crippen LogP contribution in [0.5, 0.6) is 0 Å². The fraction of sp³-hybridized carbons (Fsp3) is 0.816. The van der Waals surface area contributed by atoms with E-state index in [9.17, 15) is 24.6 Å². The molecule has 2 saturated carbocycles. The van der Waals surface area contributed by atoms with E-state index in [1.165, 1.54) is 38.5 Å². The highest BCUT2D eigenvalue weighted by Gasteiger charge is 2.83. The van der Waals surface area contributed by atoms with Gasteiger partial charge in [0.05, 0.1) is 11.3 Å². The summed E-state index contributed by atoms with van der Waals surface area (Å²) in [6, 6.07) is 0. The van der Waals surface area contributed by atoms with E-state index in [2.05, 4.69) is 20.8 Å². The summed E-state index contributed by atoms with van der Waals surface area (Å²) in [5.74, 6) is -2.75. The molecular weight excluding hydrogens is 568 g/mol. The molecule has 4 aliphatic rings. The molecule has 45 heavy (non-hydrogen) atoms. The van der Waals surface area contributed by atoms with Gasteiger partial charge in [0.2, 0.25) is 0 Å². The number of hydrogen-bond donors (Lipinski definition) is 2. The Balaban J connectivity index is 1.57. The number of rotatable bonds is 14. The van der Waals surface area contributed by atoms with Crippen LogP contribution in [-0.4, -0.2) is 51.3 Å². The Morgan fingerprint density at radius 1 is 0.978 bits per heavy atom.